The van der Waals surface area contributed by atoms with Crippen molar-refractivity contribution >= 4 is 21.6 Å². The molecule has 1 fully saturated rings. The molecule has 1 atom stereocenters. The Bertz CT molecular complexity index is 667. The summed E-state index contributed by atoms with van der Waals surface area (Å²) >= 11 is 0. The van der Waals surface area contributed by atoms with Gasteiger partial charge in [0.25, 0.3) is 0 Å². The summed E-state index contributed by atoms with van der Waals surface area (Å²) in [5.41, 5.74) is 1.14. The zero-order chi connectivity index (χ0) is 17.0. The maximum absolute atomic E-state index is 13.0. The zero-order valence-corrected chi connectivity index (χ0v) is 14.6. The van der Waals surface area contributed by atoms with E-state index in [1.54, 1.807) is 19.1 Å². The van der Waals surface area contributed by atoms with Crippen LogP contribution in [-0.4, -0.2) is 44.4 Å². The molecule has 1 aliphatic rings. The van der Waals surface area contributed by atoms with Crippen LogP contribution >= 0.6 is 0 Å². The van der Waals surface area contributed by atoms with Crippen molar-refractivity contribution in [2.75, 3.05) is 25.0 Å². The van der Waals surface area contributed by atoms with Crippen molar-refractivity contribution < 1.29 is 17.9 Å². The fourth-order valence-corrected chi connectivity index (χ4v) is 4.44. The number of carbonyl (C=O) groups excluding carboxylic acids is 1. The Labute approximate surface area is 137 Å². The van der Waals surface area contributed by atoms with Gasteiger partial charge in [0.05, 0.1) is 11.0 Å². The van der Waals surface area contributed by atoms with Gasteiger partial charge in [-0.05, 0) is 37.5 Å². The molecule has 1 aliphatic heterocycles. The van der Waals surface area contributed by atoms with Gasteiger partial charge in [-0.2, -0.15) is 4.31 Å². The Balaban J connectivity index is 2.30. The molecule has 0 spiro atoms. The summed E-state index contributed by atoms with van der Waals surface area (Å²) in [6.07, 6.45) is 1.82. The Morgan fingerprint density at radius 3 is 2.74 bits per heavy atom. The van der Waals surface area contributed by atoms with Crippen molar-refractivity contribution in [1.82, 2.24) is 4.31 Å². The van der Waals surface area contributed by atoms with Crippen LogP contribution in [-0.2, 0) is 19.6 Å². The van der Waals surface area contributed by atoms with Crippen LogP contribution < -0.4 is 5.32 Å². The minimum Gasteiger partial charge on any atom is -0.377 e. The summed E-state index contributed by atoms with van der Waals surface area (Å²) in [5.74, 6) is -0.232. The summed E-state index contributed by atoms with van der Waals surface area (Å²) in [6, 6.07) is 4.93. The second kappa shape index (κ2) is 7.42. The molecule has 0 aliphatic carbocycles. The second-order valence-corrected chi connectivity index (χ2v) is 7.66. The van der Waals surface area contributed by atoms with Crippen LogP contribution in [0.25, 0.3) is 0 Å². The largest absolute Gasteiger partial charge is 0.377 e. The Hall–Kier alpha value is -1.44. The number of hydrogen-bond donors (Lipinski definition) is 1. The number of likely N-dealkylation sites (N-methyl/N-ethyl adjacent to an activating group) is 1. The summed E-state index contributed by atoms with van der Waals surface area (Å²) in [7, 11) is -3.63. The van der Waals surface area contributed by atoms with Gasteiger partial charge in [0, 0.05) is 32.3 Å². The number of ether oxygens (including phenoxy) is 1. The first-order valence-electron chi connectivity index (χ1n) is 7.84. The minimum absolute atomic E-state index is 0.0384. The number of nitrogens with one attached hydrogen (secondary N) is 1. The van der Waals surface area contributed by atoms with Gasteiger partial charge >= 0.3 is 0 Å². The monoisotopic (exact) mass is 340 g/mol. The lowest BCUT2D eigenvalue weighted by molar-refractivity contribution is -0.114. The maximum Gasteiger partial charge on any atom is 0.243 e. The summed E-state index contributed by atoms with van der Waals surface area (Å²) in [5, 5.41) is 2.63. The van der Waals surface area contributed by atoms with E-state index in [-0.39, 0.29) is 16.9 Å². The predicted molar refractivity (Wildman–Crippen MR) is 88.9 cm³/mol. The Morgan fingerprint density at radius 1 is 1.43 bits per heavy atom. The number of sulfonamides is 1. The molecule has 1 aromatic carbocycles. The van der Waals surface area contributed by atoms with E-state index >= 15 is 0 Å². The number of amides is 1. The third-order valence-corrected chi connectivity index (χ3v) is 5.99. The second-order valence-electron chi connectivity index (χ2n) is 5.75. The van der Waals surface area contributed by atoms with E-state index in [2.05, 4.69) is 5.32 Å². The molecule has 1 heterocycles. The first kappa shape index (κ1) is 17.9. The summed E-state index contributed by atoms with van der Waals surface area (Å²) < 4.78 is 32.9. The SMILES string of the molecule is CCN(C[C@@H]1CCCO1)S(=O)(=O)c1cc(NC(C)=O)ccc1C. The fourth-order valence-electron chi connectivity index (χ4n) is 2.71. The molecule has 1 N–H and O–H groups in total. The number of carbonyl (C=O) groups is 1. The van der Waals surface area contributed by atoms with E-state index in [1.807, 2.05) is 6.92 Å². The van der Waals surface area contributed by atoms with Crippen molar-refractivity contribution in [3.8, 4) is 0 Å². The van der Waals surface area contributed by atoms with E-state index in [9.17, 15) is 13.2 Å². The highest BCUT2D eigenvalue weighted by Crippen LogP contribution is 2.25. The normalized spacial score (nSPS) is 18.3. The van der Waals surface area contributed by atoms with Crippen LogP contribution in [0, 0.1) is 6.92 Å². The minimum atomic E-state index is -3.63. The van der Waals surface area contributed by atoms with Crippen LogP contribution in [0.1, 0.15) is 32.3 Å². The quantitative estimate of drug-likeness (QED) is 0.861. The van der Waals surface area contributed by atoms with Crippen molar-refractivity contribution in [3.05, 3.63) is 23.8 Å². The standard InChI is InChI=1S/C16H24N2O4S/c1-4-18(11-15-6-5-9-22-15)23(20,21)16-10-14(17-13(3)19)8-7-12(16)2/h7-8,10,15H,4-6,9,11H2,1-3H3,(H,17,19)/t15-/m0/s1. The molecular weight excluding hydrogens is 316 g/mol. The van der Waals surface area contributed by atoms with Gasteiger partial charge < -0.3 is 10.1 Å². The number of benzene rings is 1. The van der Waals surface area contributed by atoms with Crippen molar-refractivity contribution in [1.29, 1.82) is 0 Å². The van der Waals surface area contributed by atoms with E-state index in [0.29, 0.717) is 30.9 Å². The number of anilines is 1. The van der Waals surface area contributed by atoms with Gasteiger partial charge in [0.15, 0.2) is 0 Å². The van der Waals surface area contributed by atoms with E-state index in [4.69, 9.17) is 4.74 Å². The lowest BCUT2D eigenvalue weighted by atomic mass is 10.2. The maximum atomic E-state index is 13.0. The number of hydrogen-bond acceptors (Lipinski definition) is 4. The molecule has 1 saturated heterocycles. The highest BCUT2D eigenvalue weighted by atomic mass is 32.2. The number of aryl methyl sites for hydroxylation is 1. The van der Waals surface area contributed by atoms with Crippen molar-refractivity contribution in [3.63, 3.8) is 0 Å². The molecule has 1 aromatic rings. The van der Waals surface area contributed by atoms with Gasteiger partial charge in [-0.1, -0.05) is 13.0 Å². The highest BCUT2D eigenvalue weighted by Gasteiger charge is 2.29. The molecule has 6 nitrogen and oxygen atoms in total. The summed E-state index contributed by atoms with van der Waals surface area (Å²) in [6.45, 7) is 6.40. The fraction of sp³-hybridized carbons (Fsp3) is 0.562. The smallest absolute Gasteiger partial charge is 0.243 e. The van der Waals surface area contributed by atoms with Gasteiger partial charge in [0.2, 0.25) is 15.9 Å². The molecule has 2 rings (SSSR count). The van der Waals surface area contributed by atoms with Crippen molar-refractivity contribution in [2.45, 2.75) is 44.6 Å². The average molecular weight is 340 g/mol. The van der Waals surface area contributed by atoms with Crippen LogP contribution in [0.5, 0.6) is 0 Å². The molecule has 0 saturated carbocycles. The van der Waals surface area contributed by atoms with Crippen LogP contribution in [0.4, 0.5) is 5.69 Å². The van der Waals surface area contributed by atoms with Crippen molar-refractivity contribution in [2.24, 2.45) is 0 Å². The van der Waals surface area contributed by atoms with Gasteiger partial charge in [-0.25, -0.2) is 8.42 Å². The van der Waals surface area contributed by atoms with Gasteiger partial charge in [0.1, 0.15) is 0 Å². The third kappa shape index (κ3) is 4.31. The molecule has 128 valence electrons. The predicted octanol–water partition coefficient (Wildman–Crippen LogP) is 2.14. The number of nitrogens with zero attached hydrogens (tertiary/aromatic N) is 1. The Morgan fingerprint density at radius 2 is 2.17 bits per heavy atom. The topological polar surface area (TPSA) is 75.7 Å². The first-order chi connectivity index (χ1) is 10.8. The third-order valence-electron chi connectivity index (χ3n) is 3.91. The van der Waals surface area contributed by atoms with E-state index in [1.165, 1.54) is 17.3 Å². The zero-order valence-electron chi connectivity index (χ0n) is 13.8. The van der Waals surface area contributed by atoms with Crippen LogP contribution in [0.3, 0.4) is 0 Å². The number of rotatable bonds is 6. The van der Waals surface area contributed by atoms with Crippen LogP contribution in [0.2, 0.25) is 0 Å². The molecule has 1 amide bonds. The molecule has 0 unspecified atom stereocenters. The summed E-state index contributed by atoms with van der Waals surface area (Å²) in [4.78, 5) is 11.4. The van der Waals surface area contributed by atoms with Crippen LogP contribution in [0.15, 0.2) is 23.1 Å². The lowest BCUT2D eigenvalue weighted by Gasteiger charge is -2.24. The lowest BCUT2D eigenvalue weighted by Crippen LogP contribution is -2.37. The van der Waals surface area contributed by atoms with Gasteiger partial charge in [-0.3, -0.25) is 4.79 Å². The van der Waals surface area contributed by atoms with E-state index in [0.717, 1.165) is 12.8 Å². The molecule has 0 bridgehead atoms. The first-order valence-corrected chi connectivity index (χ1v) is 9.28. The highest BCUT2D eigenvalue weighted by molar-refractivity contribution is 7.89. The van der Waals surface area contributed by atoms with E-state index < -0.39 is 10.0 Å². The molecule has 7 heteroatoms. The molecule has 23 heavy (non-hydrogen) atoms. The average Bonchev–Trinajstić information content (AvgIpc) is 2.99. The van der Waals surface area contributed by atoms with Gasteiger partial charge in [-0.15, -0.1) is 0 Å². The molecular formula is C16H24N2O4S. The molecule has 0 aromatic heterocycles. The molecule has 0 radical (unpaired) electrons. The Kier molecular flexibility index (Phi) is 5.78.